The minimum atomic E-state index is 1.02. The monoisotopic (exact) mass is 299 g/mol. The summed E-state index contributed by atoms with van der Waals surface area (Å²) in [5, 5.41) is 0. The average molecular weight is 299 g/mol. The first-order chi connectivity index (χ1) is 5.86. The zero-order chi connectivity index (χ0) is 8.81. The van der Waals surface area contributed by atoms with Gasteiger partial charge in [-0.2, -0.15) is 0 Å². The number of nitrogens with zero attached hydrogens (tertiary/aromatic N) is 1. The lowest BCUT2D eigenvalue weighted by Crippen LogP contribution is -2.34. The SMILES string of the molecule is CCC1CCN(CCSI)CC1. The molecule has 3 heteroatoms. The van der Waals surface area contributed by atoms with Crippen LogP contribution in [0.25, 0.3) is 0 Å². The van der Waals surface area contributed by atoms with Gasteiger partial charge in [-0.1, -0.05) is 22.3 Å². The Morgan fingerprint density at radius 2 is 2.08 bits per heavy atom. The summed E-state index contributed by atoms with van der Waals surface area (Å²) >= 11 is 2.39. The van der Waals surface area contributed by atoms with Crippen LogP contribution >= 0.6 is 30.1 Å². The van der Waals surface area contributed by atoms with E-state index in [9.17, 15) is 0 Å². The van der Waals surface area contributed by atoms with E-state index in [1.807, 2.05) is 8.93 Å². The normalized spacial score (nSPS) is 21.5. The van der Waals surface area contributed by atoms with Crippen LogP contribution in [0.3, 0.4) is 0 Å². The molecule has 1 fully saturated rings. The average Bonchev–Trinajstić information content (AvgIpc) is 2.15. The van der Waals surface area contributed by atoms with Gasteiger partial charge in [-0.3, -0.25) is 0 Å². The molecule has 0 radical (unpaired) electrons. The van der Waals surface area contributed by atoms with E-state index in [1.165, 1.54) is 44.6 Å². The Labute approximate surface area is 92.2 Å². The maximum Gasteiger partial charge on any atom is 0.0161 e. The third-order valence-corrected chi connectivity index (χ3v) is 4.43. The zero-order valence-electron chi connectivity index (χ0n) is 7.76. The molecule has 1 aliphatic heterocycles. The molecule has 0 N–H and O–H groups in total. The molecule has 0 bridgehead atoms. The van der Waals surface area contributed by atoms with Crippen molar-refractivity contribution >= 4 is 30.1 Å². The Kier molecular flexibility index (Phi) is 6.01. The molecule has 1 nitrogen and oxygen atoms in total. The van der Waals surface area contributed by atoms with Gasteiger partial charge in [0, 0.05) is 12.3 Å². The molecule has 0 atom stereocenters. The van der Waals surface area contributed by atoms with Crippen molar-refractivity contribution in [3.8, 4) is 0 Å². The van der Waals surface area contributed by atoms with Gasteiger partial charge >= 0.3 is 0 Å². The number of likely N-dealkylation sites (tertiary alicyclic amines) is 1. The van der Waals surface area contributed by atoms with Crippen molar-refractivity contribution in [3.05, 3.63) is 0 Å². The zero-order valence-corrected chi connectivity index (χ0v) is 10.7. The molecule has 0 amide bonds. The molecule has 1 heterocycles. The van der Waals surface area contributed by atoms with Crippen molar-refractivity contribution < 1.29 is 0 Å². The van der Waals surface area contributed by atoms with Crippen molar-refractivity contribution in [2.75, 3.05) is 25.4 Å². The van der Waals surface area contributed by atoms with Gasteiger partial charge in [-0.05, 0) is 53.1 Å². The second-order valence-electron chi connectivity index (χ2n) is 3.51. The number of rotatable bonds is 4. The molecule has 0 unspecified atom stereocenters. The van der Waals surface area contributed by atoms with E-state index >= 15 is 0 Å². The minimum absolute atomic E-state index is 1.02. The fourth-order valence-electron chi connectivity index (χ4n) is 1.78. The number of halogens is 1. The highest BCUT2D eigenvalue weighted by Gasteiger charge is 2.16. The molecular weight excluding hydrogens is 281 g/mol. The second-order valence-corrected chi connectivity index (χ2v) is 6.00. The lowest BCUT2D eigenvalue weighted by atomic mass is 9.94. The molecule has 0 aromatic heterocycles. The van der Waals surface area contributed by atoms with Crippen molar-refractivity contribution in [2.24, 2.45) is 5.92 Å². The molecule has 0 aromatic carbocycles. The van der Waals surface area contributed by atoms with Crippen LogP contribution < -0.4 is 0 Å². The third kappa shape index (κ3) is 3.83. The molecule has 0 aliphatic carbocycles. The number of hydrogen-bond donors (Lipinski definition) is 0. The highest BCUT2D eigenvalue weighted by molar-refractivity contribution is 14.2. The van der Waals surface area contributed by atoms with E-state index in [2.05, 4.69) is 33.0 Å². The molecule has 1 rings (SSSR count). The summed E-state index contributed by atoms with van der Waals surface area (Å²) in [5.41, 5.74) is 0. The Morgan fingerprint density at radius 1 is 1.42 bits per heavy atom. The molecule has 1 saturated heterocycles. The van der Waals surface area contributed by atoms with Gasteiger partial charge in [0.15, 0.2) is 0 Å². The van der Waals surface area contributed by atoms with Crippen molar-refractivity contribution in [3.63, 3.8) is 0 Å². The van der Waals surface area contributed by atoms with Crippen LogP contribution in [-0.4, -0.2) is 30.3 Å². The summed E-state index contributed by atoms with van der Waals surface area (Å²) in [7, 11) is 1.93. The quantitative estimate of drug-likeness (QED) is 0.734. The third-order valence-electron chi connectivity index (χ3n) is 2.77. The molecular formula is C9H18INS. The smallest absolute Gasteiger partial charge is 0.0161 e. The standard InChI is InChI=1S/C9H18INS/c1-2-9-3-5-11(6-4-9)7-8-12-10/h9H,2-8H2,1H3. The van der Waals surface area contributed by atoms with E-state index < -0.39 is 0 Å². The fourth-order valence-corrected chi connectivity index (χ4v) is 2.70. The Bertz CT molecular complexity index is 113. The minimum Gasteiger partial charge on any atom is -0.302 e. The highest BCUT2D eigenvalue weighted by atomic mass is 127. The highest BCUT2D eigenvalue weighted by Crippen LogP contribution is 2.20. The van der Waals surface area contributed by atoms with Crippen LogP contribution in [0.2, 0.25) is 0 Å². The fraction of sp³-hybridized carbons (Fsp3) is 1.00. The van der Waals surface area contributed by atoms with Gasteiger partial charge in [-0.25, -0.2) is 0 Å². The van der Waals surface area contributed by atoms with Crippen LogP contribution in [-0.2, 0) is 0 Å². The Hall–Kier alpha value is 1.04. The van der Waals surface area contributed by atoms with Gasteiger partial charge in [-0.15, -0.1) is 0 Å². The summed E-state index contributed by atoms with van der Waals surface area (Å²) in [6.45, 7) is 6.30. The van der Waals surface area contributed by atoms with Gasteiger partial charge in [0.05, 0.1) is 0 Å². The Morgan fingerprint density at radius 3 is 2.58 bits per heavy atom. The molecule has 72 valence electrons. The summed E-state index contributed by atoms with van der Waals surface area (Å²) < 4.78 is 0. The summed E-state index contributed by atoms with van der Waals surface area (Å²) in [4.78, 5) is 2.61. The summed E-state index contributed by atoms with van der Waals surface area (Å²) in [6.07, 6.45) is 4.25. The van der Waals surface area contributed by atoms with E-state index in [1.54, 1.807) is 0 Å². The van der Waals surface area contributed by atoms with E-state index in [0.717, 1.165) is 5.92 Å². The van der Waals surface area contributed by atoms with Gasteiger partial charge in [0.25, 0.3) is 0 Å². The first kappa shape index (κ1) is 11.1. The van der Waals surface area contributed by atoms with Crippen LogP contribution in [0.4, 0.5) is 0 Å². The maximum absolute atomic E-state index is 2.61. The maximum atomic E-state index is 2.61. The molecule has 0 aromatic rings. The van der Waals surface area contributed by atoms with Gasteiger partial charge < -0.3 is 4.90 Å². The summed E-state index contributed by atoms with van der Waals surface area (Å²) in [5.74, 6) is 2.31. The van der Waals surface area contributed by atoms with Crippen LogP contribution in [0.5, 0.6) is 0 Å². The molecule has 0 spiro atoms. The lowest BCUT2D eigenvalue weighted by Gasteiger charge is -2.31. The summed E-state index contributed by atoms with van der Waals surface area (Å²) in [6, 6.07) is 0. The van der Waals surface area contributed by atoms with Gasteiger partial charge in [0.1, 0.15) is 0 Å². The predicted molar refractivity (Wildman–Crippen MR) is 65.9 cm³/mol. The lowest BCUT2D eigenvalue weighted by molar-refractivity contribution is 0.191. The number of hydrogen-bond acceptors (Lipinski definition) is 2. The van der Waals surface area contributed by atoms with Gasteiger partial charge in [0.2, 0.25) is 0 Å². The van der Waals surface area contributed by atoms with Crippen molar-refractivity contribution in [2.45, 2.75) is 26.2 Å². The number of piperidine rings is 1. The topological polar surface area (TPSA) is 3.24 Å². The van der Waals surface area contributed by atoms with Crippen molar-refractivity contribution in [1.29, 1.82) is 0 Å². The second kappa shape index (κ2) is 6.49. The van der Waals surface area contributed by atoms with Crippen LogP contribution in [0, 0.1) is 5.92 Å². The van der Waals surface area contributed by atoms with E-state index in [4.69, 9.17) is 0 Å². The van der Waals surface area contributed by atoms with E-state index in [-0.39, 0.29) is 0 Å². The van der Waals surface area contributed by atoms with Crippen molar-refractivity contribution in [1.82, 2.24) is 4.90 Å². The molecule has 0 saturated carbocycles. The Balaban J connectivity index is 2.09. The first-order valence-electron chi connectivity index (χ1n) is 4.82. The molecule has 1 aliphatic rings. The first-order valence-corrected chi connectivity index (χ1v) is 8.35. The van der Waals surface area contributed by atoms with Crippen LogP contribution in [0.1, 0.15) is 26.2 Å². The largest absolute Gasteiger partial charge is 0.302 e. The van der Waals surface area contributed by atoms with E-state index in [0.29, 0.717) is 0 Å². The molecule has 12 heavy (non-hydrogen) atoms. The van der Waals surface area contributed by atoms with Crippen LogP contribution in [0.15, 0.2) is 0 Å². The predicted octanol–water partition coefficient (Wildman–Crippen LogP) is 3.19.